The molecular formula is C17H16FNO. The maximum Gasteiger partial charge on any atom is 0.193 e. The van der Waals surface area contributed by atoms with E-state index >= 15 is 0 Å². The number of anilines is 1. The highest BCUT2D eigenvalue weighted by Gasteiger charge is 2.19. The minimum Gasteiger partial charge on any atom is -0.385 e. The quantitative estimate of drug-likeness (QED) is 0.842. The smallest absolute Gasteiger partial charge is 0.193 e. The molecule has 0 unspecified atom stereocenters. The maximum absolute atomic E-state index is 13.6. The van der Waals surface area contributed by atoms with Crippen LogP contribution in [0.5, 0.6) is 0 Å². The lowest BCUT2D eigenvalue weighted by atomic mass is 9.92. The van der Waals surface area contributed by atoms with Crippen LogP contribution in [-0.2, 0) is 6.42 Å². The van der Waals surface area contributed by atoms with Crippen molar-refractivity contribution in [3.05, 3.63) is 64.5 Å². The average molecular weight is 269 g/mol. The maximum atomic E-state index is 13.6. The summed E-state index contributed by atoms with van der Waals surface area (Å²) < 4.78 is 13.6. The molecule has 2 nitrogen and oxygen atoms in total. The third kappa shape index (κ3) is 2.20. The van der Waals surface area contributed by atoms with Gasteiger partial charge in [-0.15, -0.1) is 0 Å². The van der Waals surface area contributed by atoms with Crippen LogP contribution in [0.25, 0.3) is 0 Å². The fraction of sp³-hybridized carbons (Fsp3) is 0.235. The van der Waals surface area contributed by atoms with Gasteiger partial charge in [0.2, 0.25) is 0 Å². The molecule has 0 atom stereocenters. The predicted octanol–water partition coefficient (Wildman–Crippen LogP) is 3.72. The third-order valence-electron chi connectivity index (χ3n) is 3.77. The van der Waals surface area contributed by atoms with Crippen LogP contribution in [-0.4, -0.2) is 12.3 Å². The zero-order valence-electron chi connectivity index (χ0n) is 11.4. The molecule has 1 aliphatic heterocycles. The Morgan fingerprint density at radius 2 is 2.10 bits per heavy atom. The van der Waals surface area contributed by atoms with Crippen molar-refractivity contribution in [2.24, 2.45) is 0 Å². The number of nitrogens with one attached hydrogen (secondary N) is 1. The van der Waals surface area contributed by atoms with E-state index in [-0.39, 0.29) is 11.6 Å². The van der Waals surface area contributed by atoms with Crippen LogP contribution in [0.4, 0.5) is 10.1 Å². The normalized spacial score (nSPS) is 13.5. The van der Waals surface area contributed by atoms with Gasteiger partial charge in [0.15, 0.2) is 5.78 Å². The van der Waals surface area contributed by atoms with Crippen LogP contribution < -0.4 is 5.32 Å². The van der Waals surface area contributed by atoms with Crippen molar-refractivity contribution in [2.45, 2.75) is 19.8 Å². The lowest BCUT2D eigenvalue weighted by Crippen LogP contribution is -2.16. The summed E-state index contributed by atoms with van der Waals surface area (Å²) in [5.74, 6) is -0.441. The highest BCUT2D eigenvalue weighted by molar-refractivity contribution is 6.10. The van der Waals surface area contributed by atoms with Gasteiger partial charge in [-0.25, -0.2) is 4.39 Å². The highest BCUT2D eigenvalue weighted by atomic mass is 19.1. The number of rotatable bonds is 2. The second-order valence-corrected chi connectivity index (χ2v) is 5.16. The van der Waals surface area contributed by atoms with Gasteiger partial charge >= 0.3 is 0 Å². The molecule has 102 valence electrons. The summed E-state index contributed by atoms with van der Waals surface area (Å²) in [6, 6.07) is 10.3. The zero-order chi connectivity index (χ0) is 14.1. The minimum absolute atomic E-state index is 0.107. The predicted molar refractivity (Wildman–Crippen MR) is 77.8 cm³/mol. The third-order valence-corrected chi connectivity index (χ3v) is 3.77. The summed E-state index contributed by atoms with van der Waals surface area (Å²) in [5.41, 5.74) is 3.71. The molecule has 0 amide bonds. The van der Waals surface area contributed by atoms with E-state index in [1.807, 2.05) is 18.2 Å². The van der Waals surface area contributed by atoms with Crippen molar-refractivity contribution in [3.63, 3.8) is 0 Å². The molecule has 2 aromatic rings. The fourth-order valence-corrected chi connectivity index (χ4v) is 2.61. The first-order chi connectivity index (χ1) is 9.66. The van der Waals surface area contributed by atoms with E-state index in [1.54, 1.807) is 19.1 Å². The molecule has 1 aliphatic rings. The van der Waals surface area contributed by atoms with E-state index in [0.717, 1.165) is 30.6 Å². The van der Waals surface area contributed by atoms with Crippen LogP contribution in [0.1, 0.15) is 33.5 Å². The number of ketones is 1. The first-order valence-electron chi connectivity index (χ1n) is 6.83. The Hall–Kier alpha value is -2.16. The molecule has 3 heteroatoms. The van der Waals surface area contributed by atoms with Crippen molar-refractivity contribution in [1.82, 2.24) is 0 Å². The van der Waals surface area contributed by atoms with Gasteiger partial charge in [0.25, 0.3) is 0 Å². The van der Waals surface area contributed by atoms with Crippen LogP contribution in [0.2, 0.25) is 0 Å². The first-order valence-corrected chi connectivity index (χ1v) is 6.83. The highest BCUT2D eigenvalue weighted by Crippen LogP contribution is 2.27. The second-order valence-electron chi connectivity index (χ2n) is 5.16. The molecule has 0 fully saturated rings. The van der Waals surface area contributed by atoms with Gasteiger partial charge in [-0.05, 0) is 43.0 Å². The van der Waals surface area contributed by atoms with Crippen LogP contribution in [0, 0.1) is 12.7 Å². The molecule has 3 rings (SSSR count). The molecule has 0 radical (unpaired) electrons. The Morgan fingerprint density at radius 1 is 1.25 bits per heavy atom. The molecule has 20 heavy (non-hydrogen) atoms. The SMILES string of the molecule is Cc1ccc(C(=O)c2cccc3c2CCCN3)cc1F. The monoisotopic (exact) mass is 269 g/mol. The Morgan fingerprint density at radius 3 is 2.90 bits per heavy atom. The number of benzene rings is 2. The van der Waals surface area contributed by atoms with Crippen LogP contribution in [0.3, 0.4) is 0 Å². The summed E-state index contributed by atoms with van der Waals surface area (Å²) in [5, 5.41) is 3.30. The molecule has 0 saturated heterocycles. The molecule has 0 bridgehead atoms. The zero-order valence-corrected chi connectivity index (χ0v) is 11.4. The van der Waals surface area contributed by atoms with Crippen molar-refractivity contribution in [2.75, 3.05) is 11.9 Å². The van der Waals surface area contributed by atoms with E-state index in [2.05, 4.69) is 5.32 Å². The molecule has 1 N–H and O–H groups in total. The van der Waals surface area contributed by atoms with E-state index in [0.29, 0.717) is 16.7 Å². The summed E-state index contributed by atoms with van der Waals surface area (Å²) in [6.45, 7) is 2.63. The van der Waals surface area contributed by atoms with Crippen molar-refractivity contribution >= 4 is 11.5 Å². The number of aryl methyl sites for hydroxylation is 1. The lowest BCUT2D eigenvalue weighted by Gasteiger charge is -2.20. The Bertz CT molecular complexity index is 679. The molecule has 0 aliphatic carbocycles. The molecule has 1 heterocycles. The van der Waals surface area contributed by atoms with Crippen molar-refractivity contribution in [3.8, 4) is 0 Å². The Labute approximate surface area is 117 Å². The number of carbonyl (C=O) groups is 1. The van der Waals surface area contributed by atoms with Crippen molar-refractivity contribution < 1.29 is 9.18 Å². The number of halogens is 1. The average Bonchev–Trinajstić information content (AvgIpc) is 2.49. The van der Waals surface area contributed by atoms with Gasteiger partial charge in [0.05, 0.1) is 0 Å². The van der Waals surface area contributed by atoms with Gasteiger partial charge in [-0.1, -0.05) is 24.3 Å². The standard InChI is InChI=1S/C17H16FNO/c1-11-7-8-12(10-15(11)18)17(20)14-4-2-6-16-13(14)5-3-9-19-16/h2,4,6-8,10,19H,3,5,9H2,1H3. The number of carbonyl (C=O) groups excluding carboxylic acids is 1. The summed E-state index contributed by atoms with van der Waals surface area (Å²) in [4.78, 5) is 12.6. The Kier molecular flexibility index (Phi) is 3.26. The summed E-state index contributed by atoms with van der Waals surface area (Å²) >= 11 is 0. The largest absolute Gasteiger partial charge is 0.385 e. The lowest BCUT2D eigenvalue weighted by molar-refractivity contribution is 0.103. The van der Waals surface area contributed by atoms with Gasteiger partial charge in [0, 0.05) is 23.4 Å². The summed E-state index contributed by atoms with van der Waals surface area (Å²) in [6.07, 6.45) is 1.90. The van der Waals surface area contributed by atoms with E-state index in [9.17, 15) is 9.18 Å². The molecule has 0 saturated carbocycles. The number of hydrogen-bond acceptors (Lipinski definition) is 2. The molecule has 0 aromatic heterocycles. The van der Waals surface area contributed by atoms with Crippen LogP contribution in [0.15, 0.2) is 36.4 Å². The fourth-order valence-electron chi connectivity index (χ4n) is 2.61. The van der Waals surface area contributed by atoms with E-state index in [4.69, 9.17) is 0 Å². The van der Waals surface area contributed by atoms with Gasteiger partial charge in [-0.3, -0.25) is 4.79 Å². The van der Waals surface area contributed by atoms with E-state index < -0.39 is 0 Å². The minimum atomic E-state index is -0.334. The van der Waals surface area contributed by atoms with Gasteiger partial charge in [0.1, 0.15) is 5.82 Å². The van der Waals surface area contributed by atoms with Crippen molar-refractivity contribution in [1.29, 1.82) is 0 Å². The van der Waals surface area contributed by atoms with E-state index in [1.165, 1.54) is 6.07 Å². The van der Waals surface area contributed by atoms with Crippen LogP contribution >= 0.6 is 0 Å². The topological polar surface area (TPSA) is 29.1 Å². The second kappa shape index (κ2) is 5.08. The van der Waals surface area contributed by atoms with Gasteiger partial charge < -0.3 is 5.32 Å². The molecule has 2 aromatic carbocycles. The first kappa shape index (κ1) is 12.9. The molecular weight excluding hydrogens is 253 g/mol. The number of hydrogen-bond donors (Lipinski definition) is 1. The number of fused-ring (bicyclic) bond motifs is 1. The van der Waals surface area contributed by atoms with Gasteiger partial charge in [-0.2, -0.15) is 0 Å². The molecule has 0 spiro atoms. The Balaban J connectivity index is 2.04. The summed E-state index contributed by atoms with van der Waals surface area (Å²) in [7, 11) is 0.